The van der Waals surface area contributed by atoms with Crippen LogP contribution < -0.4 is 0 Å². The van der Waals surface area contributed by atoms with E-state index < -0.39 is 0 Å². The molecule has 0 atom stereocenters. The van der Waals surface area contributed by atoms with E-state index in [4.69, 9.17) is 0 Å². The molecule has 1 aliphatic heterocycles. The van der Waals surface area contributed by atoms with E-state index in [9.17, 15) is 0 Å². The van der Waals surface area contributed by atoms with Crippen molar-refractivity contribution < 1.29 is 0 Å². The van der Waals surface area contributed by atoms with Crippen LogP contribution in [0.15, 0.2) is 21.1 Å². The minimum atomic E-state index is 0.548. The monoisotopic (exact) mass is 411 g/mol. The molecule has 168 valence electrons. The fourth-order valence-corrected chi connectivity index (χ4v) is 4.77. The van der Waals surface area contributed by atoms with Gasteiger partial charge in [0.25, 0.3) is 0 Å². The molecular weight excluding hydrogens is 358 g/mol. The van der Waals surface area contributed by atoms with Crippen LogP contribution in [-0.2, 0) is 0 Å². The quantitative estimate of drug-likeness (QED) is 0.443. The fourth-order valence-electron chi connectivity index (χ4n) is 3.17. The molecule has 0 N–H and O–H groups in total. The van der Waals surface area contributed by atoms with Crippen LogP contribution in [0.2, 0.25) is 0 Å². The predicted molar refractivity (Wildman–Crippen MR) is 135 cm³/mol. The molecule has 1 heterocycles. The normalized spacial score (nSPS) is 15.5. The van der Waals surface area contributed by atoms with Crippen molar-refractivity contribution in [2.24, 2.45) is 29.6 Å². The van der Waals surface area contributed by atoms with E-state index in [1.165, 1.54) is 0 Å². The lowest BCUT2D eigenvalue weighted by molar-refractivity contribution is 0.269. The molecule has 0 aromatic rings. The zero-order valence-electron chi connectivity index (χ0n) is 22.0. The third-order valence-electron chi connectivity index (χ3n) is 4.35. The first-order chi connectivity index (χ1) is 12.8. The second-order valence-electron chi connectivity index (χ2n) is 9.81. The summed E-state index contributed by atoms with van der Waals surface area (Å²) in [6.07, 6.45) is 0. The van der Waals surface area contributed by atoms with E-state index in [2.05, 4.69) is 107 Å². The van der Waals surface area contributed by atoms with Crippen LogP contribution in [-0.4, -0.2) is 17.5 Å². The highest BCUT2D eigenvalue weighted by Gasteiger charge is 2.30. The van der Waals surface area contributed by atoms with Gasteiger partial charge in [-0.2, -0.15) is 0 Å². The third kappa shape index (κ3) is 9.90. The molecule has 2 heteroatoms. The Morgan fingerprint density at radius 3 is 1.25 bits per heavy atom. The van der Waals surface area contributed by atoms with Crippen molar-refractivity contribution in [3.8, 4) is 0 Å². The number of allylic oxidation sites excluding steroid dienone is 3. The Hall–Kier alpha value is -0.370. The van der Waals surface area contributed by atoms with Crippen LogP contribution in [0.4, 0.5) is 0 Å². The molecule has 0 amide bonds. The molecule has 0 aromatic carbocycles. The SMILES string of the molecule is CC.CC(C)C.CC(C)C1=C(C(C)C)SC(C(C)C)=C(C(C)C)N(C(C)C)C1. The largest absolute Gasteiger partial charge is 0.367 e. The zero-order chi connectivity index (χ0) is 22.8. The van der Waals surface area contributed by atoms with Crippen LogP contribution in [0.5, 0.6) is 0 Å². The fraction of sp³-hybridized carbons (Fsp3) is 0.846. The predicted octanol–water partition coefficient (Wildman–Crippen LogP) is 9.22. The summed E-state index contributed by atoms with van der Waals surface area (Å²) in [7, 11) is 0. The van der Waals surface area contributed by atoms with Crippen LogP contribution >= 0.6 is 11.8 Å². The molecule has 0 fully saturated rings. The lowest BCUT2D eigenvalue weighted by atomic mass is 9.96. The van der Waals surface area contributed by atoms with Gasteiger partial charge in [0.15, 0.2) is 0 Å². The first-order valence-electron chi connectivity index (χ1n) is 11.7. The van der Waals surface area contributed by atoms with Crippen LogP contribution in [0.25, 0.3) is 0 Å². The number of thioether (sulfide) groups is 1. The van der Waals surface area contributed by atoms with Crippen molar-refractivity contribution >= 4 is 11.8 Å². The minimum Gasteiger partial charge on any atom is -0.367 e. The van der Waals surface area contributed by atoms with Crippen molar-refractivity contribution in [1.29, 1.82) is 0 Å². The maximum Gasteiger partial charge on any atom is 0.0402 e. The number of hydrogen-bond acceptors (Lipinski definition) is 2. The Balaban J connectivity index is 0. The highest BCUT2D eigenvalue weighted by atomic mass is 32.2. The summed E-state index contributed by atoms with van der Waals surface area (Å²) >= 11 is 2.08. The molecule has 0 spiro atoms. The molecule has 0 aliphatic carbocycles. The van der Waals surface area contributed by atoms with Crippen LogP contribution in [0, 0.1) is 29.6 Å². The second-order valence-corrected chi connectivity index (χ2v) is 10.9. The van der Waals surface area contributed by atoms with Crippen molar-refractivity contribution in [1.82, 2.24) is 4.90 Å². The number of rotatable bonds is 5. The lowest BCUT2D eigenvalue weighted by Crippen LogP contribution is -2.35. The van der Waals surface area contributed by atoms with Gasteiger partial charge in [0.2, 0.25) is 0 Å². The summed E-state index contributed by atoms with van der Waals surface area (Å²) in [5.74, 6) is 3.22. The average molecular weight is 412 g/mol. The van der Waals surface area contributed by atoms with Gasteiger partial charge in [-0.25, -0.2) is 0 Å². The van der Waals surface area contributed by atoms with Gasteiger partial charge in [-0.15, -0.1) is 0 Å². The third-order valence-corrected chi connectivity index (χ3v) is 6.21. The Kier molecular flexibility index (Phi) is 15.5. The van der Waals surface area contributed by atoms with Gasteiger partial charge in [0, 0.05) is 23.2 Å². The number of nitrogens with zero attached hydrogens (tertiary/aromatic N) is 1. The Morgan fingerprint density at radius 1 is 0.607 bits per heavy atom. The molecule has 0 radical (unpaired) electrons. The van der Waals surface area contributed by atoms with Crippen molar-refractivity contribution in [2.75, 3.05) is 6.54 Å². The van der Waals surface area contributed by atoms with Crippen LogP contribution in [0.1, 0.15) is 104 Å². The van der Waals surface area contributed by atoms with Gasteiger partial charge >= 0.3 is 0 Å². The minimum absolute atomic E-state index is 0.548. The summed E-state index contributed by atoms with van der Waals surface area (Å²) in [6, 6.07) is 0.548. The van der Waals surface area contributed by atoms with Gasteiger partial charge in [-0.3, -0.25) is 0 Å². The molecule has 1 aliphatic rings. The van der Waals surface area contributed by atoms with E-state index in [1.807, 2.05) is 13.8 Å². The van der Waals surface area contributed by atoms with Gasteiger partial charge in [0.1, 0.15) is 0 Å². The summed E-state index contributed by atoms with van der Waals surface area (Å²) in [5, 5.41) is 0. The first-order valence-corrected chi connectivity index (χ1v) is 12.5. The van der Waals surface area contributed by atoms with Crippen molar-refractivity contribution in [3.05, 3.63) is 21.1 Å². The Morgan fingerprint density at radius 2 is 1.00 bits per heavy atom. The number of hydrogen-bond donors (Lipinski definition) is 0. The molecule has 1 nitrogen and oxygen atoms in total. The van der Waals surface area contributed by atoms with Gasteiger partial charge in [0.05, 0.1) is 0 Å². The zero-order valence-corrected chi connectivity index (χ0v) is 22.8. The molecule has 0 bridgehead atoms. The first kappa shape index (κ1) is 29.8. The van der Waals surface area contributed by atoms with Crippen molar-refractivity contribution in [3.63, 3.8) is 0 Å². The van der Waals surface area contributed by atoms with Gasteiger partial charge < -0.3 is 4.90 Å². The van der Waals surface area contributed by atoms with E-state index in [0.717, 1.165) is 12.5 Å². The highest BCUT2D eigenvalue weighted by Crippen LogP contribution is 2.45. The average Bonchev–Trinajstić information content (AvgIpc) is 2.73. The standard InChI is InChI=1S/C20H37NS.C4H10.C2H6/c1-12(2)17-11-21(16(9)10)18(13(3)4)20(15(7)8)22-19(17)14(5)6;1-4(2)3;1-2/h12-16H,11H2,1-10H3;4H,1-3H3;1-2H3. The molecule has 0 saturated heterocycles. The highest BCUT2D eigenvalue weighted by molar-refractivity contribution is 8.06. The summed E-state index contributed by atoms with van der Waals surface area (Å²) in [4.78, 5) is 5.86. The Bertz CT molecular complexity index is 476. The maximum atomic E-state index is 2.66. The van der Waals surface area contributed by atoms with Gasteiger partial charge in [-0.1, -0.05) is 102 Å². The summed E-state index contributed by atoms with van der Waals surface area (Å²) < 4.78 is 0. The molecule has 0 aromatic heterocycles. The molecule has 28 heavy (non-hydrogen) atoms. The van der Waals surface area contributed by atoms with E-state index in [-0.39, 0.29) is 0 Å². The lowest BCUT2D eigenvalue weighted by Gasteiger charge is -2.36. The van der Waals surface area contributed by atoms with E-state index in [1.54, 1.807) is 21.1 Å². The molecule has 0 saturated carbocycles. The summed E-state index contributed by atoms with van der Waals surface area (Å²) in [6.45, 7) is 35.1. The topological polar surface area (TPSA) is 3.24 Å². The Labute approximate surface area is 183 Å². The smallest absolute Gasteiger partial charge is 0.0402 e. The van der Waals surface area contributed by atoms with Crippen molar-refractivity contribution in [2.45, 2.75) is 110 Å². The maximum absolute atomic E-state index is 2.66. The molecule has 1 rings (SSSR count). The van der Waals surface area contributed by atoms with E-state index in [0.29, 0.717) is 29.7 Å². The van der Waals surface area contributed by atoms with E-state index >= 15 is 0 Å². The van der Waals surface area contributed by atoms with Gasteiger partial charge in [-0.05, 0) is 53.9 Å². The molecular formula is C26H53NS. The second kappa shape index (κ2) is 14.6. The summed E-state index contributed by atoms with van der Waals surface area (Å²) in [5.41, 5.74) is 3.21. The molecule has 0 unspecified atom stereocenters. The van der Waals surface area contributed by atoms with Crippen LogP contribution in [0.3, 0.4) is 0 Å².